The van der Waals surface area contributed by atoms with Crippen LogP contribution < -0.4 is 5.76 Å². The van der Waals surface area contributed by atoms with Crippen LogP contribution in [0.15, 0.2) is 9.21 Å². The van der Waals surface area contributed by atoms with Gasteiger partial charge < -0.3 is 9.15 Å². The summed E-state index contributed by atoms with van der Waals surface area (Å²) in [5, 5.41) is 4.07. The number of rotatable bonds is 5. The quantitative estimate of drug-likeness (QED) is 0.764. The lowest BCUT2D eigenvalue weighted by Crippen LogP contribution is -2.17. The fraction of sp³-hybridized carbons (Fsp3) is 0.818. The van der Waals surface area contributed by atoms with Gasteiger partial charge in [-0.15, -0.1) is 5.10 Å². The first-order valence-electron chi connectivity index (χ1n) is 5.85. The van der Waals surface area contributed by atoms with E-state index in [4.69, 9.17) is 9.15 Å². The number of nitrogens with zero attached hydrogens (tertiary/aromatic N) is 2. The molecule has 16 heavy (non-hydrogen) atoms. The maximum atomic E-state index is 11.4. The number of methoxy groups -OCH3 is 1. The number of aryl methyl sites for hydroxylation is 1. The Morgan fingerprint density at radius 2 is 2.25 bits per heavy atom. The zero-order chi connectivity index (χ0) is 11.4. The number of hydrogen-bond acceptors (Lipinski definition) is 4. The van der Waals surface area contributed by atoms with Gasteiger partial charge in [0.1, 0.15) is 6.61 Å². The predicted molar refractivity (Wildman–Crippen MR) is 58.1 cm³/mol. The van der Waals surface area contributed by atoms with E-state index in [-0.39, 0.29) is 12.4 Å². The minimum atomic E-state index is -0.370. The van der Waals surface area contributed by atoms with Crippen molar-refractivity contribution in [3.05, 3.63) is 16.4 Å². The highest BCUT2D eigenvalue weighted by Gasteiger charge is 2.16. The van der Waals surface area contributed by atoms with Crippen LogP contribution in [-0.2, 0) is 17.9 Å². The van der Waals surface area contributed by atoms with Crippen LogP contribution in [0.2, 0.25) is 0 Å². The van der Waals surface area contributed by atoms with Crippen molar-refractivity contribution in [1.82, 2.24) is 9.78 Å². The van der Waals surface area contributed by atoms with Crippen molar-refractivity contribution in [2.45, 2.75) is 45.3 Å². The molecule has 90 valence electrons. The van der Waals surface area contributed by atoms with E-state index in [1.807, 2.05) is 0 Å². The van der Waals surface area contributed by atoms with E-state index in [1.165, 1.54) is 30.4 Å². The Labute approximate surface area is 94.4 Å². The Balaban J connectivity index is 1.90. The summed E-state index contributed by atoms with van der Waals surface area (Å²) in [4.78, 5) is 11.4. The summed E-state index contributed by atoms with van der Waals surface area (Å²) in [6.07, 6.45) is 6.26. The van der Waals surface area contributed by atoms with Crippen LogP contribution in [0.4, 0.5) is 0 Å². The molecule has 0 amide bonds. The smallest absolute Gasteiger partial charge is 0.390 e. The highest BCUT2D eigenvalue weighted by Crippen LogP contribution is 2.27. The second kappa shape index (κ2) is 5.30. The van der Waals surface area contributed by atoms with Gasteiger partial charge >= 0.3 is 5.76 Å². The molecule has 0 N–H and O–H groups in total. The average Bonchev–Trinajstić information content (AvgIpc) is 2.86. The van der Waals surface area contributed by atoms with Gasteiger partial charge in [0, 0.05) is 13.7 Å². The molecular formula is C11H18N2O3. The number of ether oxygens (including phenoxy) is 1. The van der Waals surface area contributed by atoms with E-state index < -0.39 is 0 Å². The van der Waals surface area contributed by atoms with Crippen LogP contribution >= 0.6 is 0 Å². The predicted octanol–water partition coefficient (Wildman–Crippen LogP) is 1.56. The monoisotopic (exact) mass is 226 g/mol. The van der Waals surface area contributed by atoms with Gasteiger partial charge in [-0.1, -0.05) is 25.7 Å². The molecule has 1 aliphatic rings. The average molecular weight is 226 g/mol. The van der Waals surface area contributed by atoms with Crippen molar-refractivity contribution in [2.75, 3.05) is 7.11 Å². The van der Waals surface area contributed by atoms with Crippen LogP contribution in [0.1, 0.15) is 38.0 Å². The summed E-state index contributed by atoms with van der Waals surface area (Å²) in [6, 6.07) is 0. The second-order valence-corrected chi connectivity index (χ2v) is 4.36. The highest BCUT2D eigenvalue weighted by molar-refractivity contribution is 4.72. The normalized spacial score (nSPS) is 17.1. The summed E-state index contributed by atoms with van der Waals surface area (Å²) >= 11 is 0. The molecule has 0 bridgehead atoms. The topological polar surface area (TPSA) is 57.3 Å². The van der Waals surface area contributed by atoms with E-state index in [0.29, 0.717) is 12.4 Å². The molecule has 1 saturated carbocycles. The molecule has 0 atom stereocenters. The second-order valence-electron chi connectivity index (χ2n) is 4.36. The molecule has 0 aliphatic heterocycles. The third-order valence-corrected chi connectivity index (χ3v) is 3.14. The molecule has 1 fully saturated rings. The van der Waals surface area contributed by atoms with E-state index in [1.54, 1.807) is 7.11 Å². The van der Waals surface area contributed by atoms with Gasteiger partial charge in [0.25, 0.3) is 0 Å². The largest absolute Gasteiger partial charge is 0.437 e. The summed E-state index contributed by atoms with van der Waals surface area (Å²) in [5.74, 6) is 0.749. The maximum absolute atomic E-state index is 11.4. The van der Waals surface area contributed by atoms with Crippen molar-refractivity contribution in [2.24, 2.45) is 5.92 Å². The Morgan fingerprint density at radius 3 is 2.94 bits per heavy atom. The molecule has 0 radical (unpaired) electrons. The number of hydrogen-bond donors (Lipinski definition) is 0. The maximum Gasteiger partial charge on any atom is 0.437 e. The van der Waals surface area contributed by atoms with Crippen molar-refractivity contribution < 1.29 is 9.15 Å². The first-order valence-corrected chi connectivity index (χ1v) is 5.85. The van der Waals surface area contributed by atoms with Crippen LogP contribution in [-0.4, -0.2) is 16.9 Å². The molecular weight excluding hydrogens is 208 g/mol. The summed E-state index contributed by atoms with van der Waals surface area (Å²) in [6.45, 7) is 0.919. The third kappa shape index (κ3) is 2.72. The first-order chi connectivity index (χ1) is 7.79. The summed E-state index contributed by atoms with van der Waals surface area (Å²) < 4.78 is 11.2. The Hall–Kier alpha value is -1.10. The van der Waals surface area contributed by atoms with E-state index in [0.717, 1.165) is 12.3 Å². The Morgan fingerprint density at radius 1 is 1.50 bits per heavy atom. The molecule has 1 aromatic rings. The SMILES string of the molecule is COCc1nn(CCC2CCCC2)c(=O)o1. The van der Waals surface area contributed by atoms with Crippen molar-refractivity contribution >= 4 is 0 Å². The molecule has 0 spiro atoms. The lowest BCUT2D eigenvalue weighted by atomic mass is 10.0. The van der Waals surface area contributed by atoms with Crippen molar-refractivity contribution in [3.63, 3.8) is 0 Å². The van der Waals surface area contributed by atoms with Gasteiger partial charge in [0.2, 0.25) is 5.89 Å². The fourth-order valence-electron chi connectivity index (χ4n) is 2.28. The molecule has 5 nitrogen and oxygen atoms in total. The van der Waals surface area contributed by atoms with Crippen LogP contribution in [0.5, 0.6) is 0 Å². The van der Waals surface area contributed by atoms with E-state index >= 15 is 0 Å². The first kappa shape index (κ1) is 11.4. The molecule has 1 aromatic heterocycles. The van der Waals surface area contributed by atoms with Crippen LogP contribution in [0.3, 0.4) is 0 Å². The Kier molecular flexibility index (Phi) is 3.77. The molecule has 2 rings (SSSR count). The summed E-state index contributed by atoms with van der Waals surface area (Å²) in [7, 11) is 1.55. The van der Waals surface area contributed by atoms with Gasteiger partial charge in [-0.25, -0.2) is 4.79 Å². The Bertz CT molecular complexity index is 377. The molecule has 0 aromatic carbocycles. The number of aromatic nitrogens is 2. The van der Waals surface area contributed by atoms with Gasteiger partial charge in [-0.2, -0.15) is 4.68 Å². The lowest BCUT2D eigenvalue weighted by Gasteiger charge is -2.06. The molecule has 0 unspecified atom stereocenters. The zero-order valence-electron chi connectivity index (χ0n) is 9.65. The van der Waals surface area contributed by atoms with Gasteiger partial charge in [0.15, 0.2) is 0 Å². The summed E-state index contributed by atoms with van der Waals surface area (Å²) in [5.41, 5.74) is 0. The minimum Gasteiger partial charge on any atom is -0.390 e. The van der Waals surface area contributed by atoms with Crippen molar-refractivity contribution in [1.29, 1.82) is 0 Å². The third-order valence-electron chi connectivity index (χ3n) is 3.14. The fourth-order valence-corrected chi connectivity index (χ4v) is 2.28. The molecule has 0 saturated heterocycles. The highest BCUT2D eigenvalue weighted by atomic mass is 16.5. The molecule has 1 aliphatic carbocycles. The zero-order valence-corrected chi connectivity index (χ0v) is 9.65. The van der Waals surface area contributed by atoms with Gasteiger partial charge in [-0.05, 0) is 12.3 Å². The van der Waals surface area contributed by atoms with Crippen molar-refractivity contribution in [3.8, 4) is 0 Å². The minimum absolute atomic E-state index is 0.256. The lowest BCUT2D eigenvalue weighted by molar-refractivity contribution is 0.158. The van der Waals surface area contributed by atoms with Crippen LogP contribution in [0, 0.1) is 5.92 Å². The van der Waals surface area contributed by atoms with Crippen LogP contribution in [0.25, 0.3) is 0 Å². The molecule has 1 heterocycles. The van der Waals surface area contributed by atoms with E-state index in [9.17, 15) is 4.79 Å². The standard InChI is InChI=1S/C11H18N2O3/c1-15-8-10-12-13(11(14)16-10)7-6-9-4-2-3-5-9/h9H,2-8H2,1H3. The van der Waals surface area contributed by atoms with Gasteiger partial charge in [-0.3, -0.25) is 0 Å². The van der Waals surface area contributed by atoms with Gasteiger partial charge in [0.05, 0.1) is 0 Å². The van der Waals surface area contributed by atoms with E-state index in [2.05, 4.69) is 5.10 Å². The molecule has 5 heteroatoms.